The molecule has 0 atom stereocenters. The molecule has 0 bridgehead atoms. The number of methoxy groups -OCH3 is 2. The quantitative estimate of drug-likeness (QED) is 0.817. The fraction of sp³-hybridized carbons (Fsp3) is 0.167. The van der Waals surface area contributed by atoms with Crippen molar-refractivity contribution in [3.63, 3.8) is 0 Å². The standard InChI is InChI=1S/C12H11FN2O2/c1-16-11-7-9(12(17-2)15-14-11)8-5-3-4-6-10(8)13/h3-7H,1-2H3. The Bertz CT molecular complexity index is 532. The molecule has 2 aromatic rings. The summed E-state index contributed by atoms with van der Waals surface area (Å²) < 4.78 is 23.7. The van der Waals surface area contributed by atoms with E-state index in [4.69, 9.17) is 9.47 Å². The van der Waals surface area contributed by atoms with Gasteiger partial charge in [0, 0.05) is 11.6 Å². The summed E-state index contributed by atoms with van der Waals surface area (Å²) in [6.07, 6.45) is 0. The zero-order chi connectivity index (χ0) is 12.3. The number of halogens is 1. The number of ether oxygens (including phenoxy) is 2. The molecule has 0 spiro atoms. The van der Waals surface area contributed by atoms with E-state index in [9.17, 15) is 4.39 Å². The van der Waals surface area contributed by atoms with Crippen molar-refractivity contribution in [1.29, 1.82) is 0 Å². The topological polar surface area (TPSA) is 44.2 Å². The van der Waals surface area contributed by atoms with Crippen LogP contribution in [0.5, 0.6) is 11.8 Å². The lowest BCUT2D eigenvalue weighted by molar-refractivity contribution is 0.369. The smallest absolute Gasteiger partial charge is 0.241 e. The Hall–Kier alpha value is -2.17. The second kappa shape index (κ2) is 4.78. The van der Waals surface area contributed by atoms with Crippen LogP contribution in [0.1, 0.15) is 0 Å². The number of nitrogens with zero attached hydrogens (tertiary/aromatic N) is 2. The molecule has 5 heteroatoms. The molecule has 0 unspecified atom stereocenters. The van der Waals surface area contributed by atoms with Gasteiger partial charge in [0.15, 0.2) is 0 Å². The Labute approximate surface area is 98.0 Å². The molecule has 0 saturated carbocycles. The summed E-state index contributed by atoms with van der Waals surface area (Å²) in [4.78, 5) is 0. The van der Waals surface area contributed by atoms with Crippen LogP contribution in [0.4, 0.5) is 4.39 Å². The van der Waals surface area contributed by atoms with Crippen LogP contribution in [0.3, 0.4) is 0 Å². The predicted molar refractivity (Wildman–Crippen MR) is 60.5 cm³/mol. The third-order valence-electron chi connectivity index (χ3n) is 2.30. The van der Waals surface area contributed by atoms with Gasteiger partial charge in [-0.2, -0.15) is 0 Å². The molecule has 0 N–H and O–H groups in total. The molecular formula is C12H11FN2O2. The molecule has 1 heterocycles. The summed E-state index contributed by atoms with van der Waals surface area (Å²) in [6.45, 7) is 0. The highest BCUT2D eigenvalue weighted by Crippen LogP contribution is 2.31. The molecule has 17 heavy (non-hydrogen) atoms. The molecule has 88 valence electrons. The minimum atomic E-state index is -0.346. The van der Waals surface area contributed by atoms with Crippen LogP contribution < -0.4 is 9.47 Å². The Morgan fingerprint density at radius 2 is 1.76 bits per heavy atom. The number of hydrogen-bond donors (Lipinski definition) is 0. The van der Waals surface area contributed by atoms with Crippen LogP contribution in [-0.2, 0) is 0 Å². The SMILES string of the molecule is COc1cc(-c2ccccc2F)c(OC)nn1. The molecule has 4 nitrogen and oxygen atoms in total. The molecule has 0 fully saturated rings. The largest absolute Gasteiger partial charge is 0.480 e. The molecule has 0 aliphatic rings. The molecule has 0 saturated heterocycles. The Kier molecular flexibility index (Phi) is 3.18. The van der Waals surface area contributed by atoms with E-state index < -0.39 is 0 Å². The van der Waals surface area contributed by atoms with Crippen LogP contribution in [0.25, 0.3) is 11.1 Å². The van der Waals surface area contributed by atoms with Gasteiger partial charge in [0.05, 0.1) is 19.8 Å². The molecule has 0 amide bonds. The second-order valence-electron chi connectivity index (χ2n) is 3.29. The number of hydrogen-bond acceptors (Lipinski definition) is 4. The number of rotatable bonds is 3. The highest BCUT2D eigenvalue weighted by atomic mass is 19.1. The van der Waals surface area contributed by atoms with Crippen molar-refractivity contribution in [1.82, 2.24) is 10.2 Å². The van der Waals surface area contributed by atoms with Gasteiger partial charge in [-0.1, -0.05) is 18.2 Å². The summed E-state index contributed by atoms with van der Waals surface area (Å²) in [6, 6.07) is 7.97. The third kappa shape index (κ3) is 2.18. The van der Waals surface area contributed by atoms with Gasteiger partial charge in [-0.25, -0.2) is 4.39 Å². The first-order valence-corrected chi connectivity index (χ1v) is 4.97. The summed E-state index contributed by atoms with van der Waals surface area (Å²) in [7, 11) is 2.93. The Balaban J connectivity index is 2.60. The van der Waals surface area contributed by atoms with Crippen molar-refractivity contribution in [3.8, 4) is 22.9 Å². The minimum absolute atomic E-state index is 0.260. The Morgan fingerprint density at radius 1 is 1.00 bits per heavy atom. The maximum absolute atomic E-state index is 13.7. The molecular weight excluding hydrogens is 223 g/mol. The van der Waals surface area contributed by atoms with Crippen LogP contribution in [0, 0.1) is 5.82 Å². The summed E-state index contributed by atoms with van der Waals surface area (Å²) in [5.41, 5.74) is 0.912. The average Bonchev–Trinajstić information content (AvgIpc) is 2.38. The summed E-state index contributed by atoms with van der Waals surface area (Å²) in [5, 5.41) is 7.59. The Morgan fingerprint density at radius 3 is 2.41 bits per heavy atom. The first-order chi connectivity index (χ1) is 8.26. The van der Waals surface area contributed by atoms with E-state index in [0.29, 0.717) is 17.0 Å². The van der Waals surface area contributed by atoms with E-state index in [-0.39, 0.29) is 11.7 Å². The van der Waals surface area contributed by atoms with Crippen LogP contribution >= 0.6 is 0 Å². The fourth-order valence-electron chi connectivity index (χ4n) is 1.49. The summed E-state index contributed by atoms with van der Waals surface area (Å²) in [5.74, 6) is 0.223. The van der Waals surface area contributed by atoms with E-state index in [2.05, 4.69) is 10.2 Å². The van der Waals surface area contributed by atoms with Crippen LogP contribution in [0.15, 0.2) is 30.3 Å². The van der Waals surface area contributed by atoms with Gasteiger partial charge >= 0.3 is 0 Å². The molecule has 1 aromatic heterocycles. The van der Waals surface area contributed by atoms with Gasteiger partial charge < -0.3 is 9.47 Å². The van der Waals surface area contributed by atoms with E-state index in [1.54, 1.807) is 24.3 Å². The van der Waals surface area contributed by atoms with Gasteiger partial charge in [-0.15, -0.1) is 10.2 Å². The zero-order valence-electron chi connectivity index (χ0n) is 9.48. The first-order valence-electron chi connectivity index (χ1n) is 4.97. The third-order valence-corrected chi connectivity index (χ3v) is 2.30. The summed E-state index contributed by atoms with van der Waals surface area (Å²) >= 11 is 0. The molecule has 0 radical (unpaired) electrons. The normalized spacial score (nSPS) is 10.1. The van der Waals surface area contributed by atoms with Crippen molar-refractivity contribution >= 4 is 0 Å². The van der Waals surface area contributed by atoms with Crippen molar-refractivity contribution < 1.29 is 13.9 Å². The van der Waals surface area contributed by atoms with Gasteiger partial charge in [0.1, 0.15) is 5.82 Å². The monoisotopic (exact) mass is 234 g/mol. The second-order valence-corrected chi connectivity index (χ2v) is 3.29. The maximum Gasteiger partial charge on any atom is 0.241 e. The predicted octanol–water partition coefficient (Wildman–Crippen LogP) is 2.30. The van der Waals surface area contributed by atoms with E-state index in [1.165, 1.54) is 20.3 Å². The molecule has 2 rings (SSSR count). The van der Waals surface area contributed by atoms with Gasteiger partial charge in [-0.3, -0.25) is 0 Å². The fourth-order valence-corrected chi connectivity index (χ4v) is 1.49. The average molecular weight is 234 g/mol. The minimum Gasteiger partial charge on any atom is -0.480 e. The lowest BCUT2D eigenvalue weighted by atomic mass is 10.1. The van der Waals surface area contributed by atoms with Crippen LogP contribution in [0.2, 0.25) is 0 Å². The van der Waals surface area contributed by atoms with Crippen molar-refractivity contribution in [2.75, 3.05) is 14.2 Å². The van der Waals surface area contributed by atoms with Crippen LogP contribution in [-0.4, -0.2) is 24.4 Å². The van der Waals surface area contributed by atoms with Crippen molar-refractivity contribution in [3.05, 3.63) is 36.1 Å². The van der Waals surface area contributed by atoms with Gasteiger partial charge in [0.25, 0.3) is 0 Å². The molecule has 0 aliphatic carbocycles. The number of aromatic nitrogens is 2. The lowest BCUT2D eigenvalue weighted by Crippen LogP contribution is -1.98. The first kappa shape index (κ1) is 11.3. The van der Waals surface area contributed by atoms with E-state index >= 15 is 0 Å². The molecule has 0 aliphatic heterocycles. The van der Waals surface area contributed by atoms with Crippen molar-refractivity contribution in [2.45, 2.75) is 0 Å². The van der Waals surface area contributed by atoms with Gasteiger partial charge in [0.2, 0.25) is 11.8 Å². The highest BCUT2D eigenvalue weighted by Gasteiger charge is 2.13. The lowest BCUT2D eigenvalue weighted by Gasteiger charge is -2.08. The van der Waals surface area contributed by atoms with Gasteiger partial charge in [-0.05, 0) is 6.07 Å². The highest BCUT2D eigenvalue weighted by molar-refractivity contribution is 5.69. The molecule has 1 aromatic carbocycles. The van der Waals surface area contributed by atoms with Crippen molar-refractivity contribution in [2.24, 2.45) is 0 Å². The number of benzene rings is 1. The maximum atomic E-state index is 13.7. The van der Waals surface area contributed by atoms with E-state index in [0.717, 1.165) is 0 Å². The zero-order valence-corrected chi connectivity index (χ0v) is 9.48. The van der Waals surface area contributed by atoms with E-state index in [1.807, 2.05) is 0 Å².